The van der Waals surface area contributed by atoms with Gasteiger partial charge in [-0.2, -0.15) is 4.98 Å². The van der Waals surface area contributed by atoms with Gasteiger partial charge in [0.2, 0.25) is 11.8 Å². The molecule has 0 unspecified atom stereocenters. The van der Waals surface area contributed by atoms with E-state index in [0.29, 0.717) is 24.6 Å². The summed E-state index contributed by atoms with van der Waals surface area (Å²) < 4.78 is 5.20. The molecule has 0 aromatic carbocycles. The van der Waals surface area contributed by atoms with E-state index in [1.54, 1.807) is 13.1 Å². The average molecular weight is 355 g/mol. The number of amides is 2. The van der Waals surface area contributed by atoms with E-state index in [1.165, 1.54) is 4.90 Å². The molecule has 1 saturated carbocycles. The Balaban J connectivity index is 1.37. The molecule has 136 valence electrons. The van der Waals surface area contributed by atoms with Crippen LogP contribution in [0.15, 0.2) is 22.9 Å². The fraction of sp³-hybridized carbons (Fsp3) is 0.500. The molecule has 2 amide bonds. The van der Waals surface area contributed by atoms with E-state index in [-0.39, 0.29) is 23.9 Å². The van der Waals surface area contributed by atoms with Crippen molar-refractivity contribution in [1.29, 1.82) is 0 Å². The maximum Gasteiger partial charge on any atom is 0.258 e. The van der Waals surface area contributed by atoms with Crippen molar-refractivity contribution in [3.8, 4) is 11.5 Å². The highest BCUT2D eigenvalue weighted by atomic mass is 16.5. The van der Waals surface area contributed by atoms with Crippen LogP contribution in [0.2, 0.25) is 0 Å². The normalized spacial score (nSPS) is 23.5. The zero-order valence-corrected chi connectivity index (χ0v) is 14.6. The zero-order chi connectivity index (χ0) is 18.1. The third kappa shape index (κ3) is 3.31. The molecule has 4 rings (SSSR count). The molecule has 2 fully saturated rings. The first kappa shape index (κ1) is 16.7. The number of anilines is 1. The van der Waals surface area contributed by atoms with Gasteiger partial charge in [0.15, 0.2) is 5.82 Å². The van der Waals surface area contributed by atoms with Gasteiger partial charge in [-0.05, 0) is 44.7 Å². The number of imide groups is 1. The Morgan fingerprint density at radius 2 is 1.88 bits per heavy atom. The molecule has 0 spiro atoms. The van der Waals surface area contributed by atoms with Crippen LogP contribution in [-0.2, 0) is 9.59 Å². The minimum Gasteiger partial charge on any atom is -0.367 e. The molecule has 3 heterocycles. The van der Waals surface area contributed by atoms with E-state index in [1.807, 2.05) is 12.1 Å². The van der Waals surface area contributed by atoms with Gasteiger partial charge in [0.25, 0.3) is 5.89 Å². The van der Waals surface area contributed by atoms with Crippen molar-refractivity contribution < 1.29 is 14.1 Å². The molecule has 8 nitrogen and oxygen atoms in total. The molecular weight excluding hydrogens is 334 g/mol. The van der Waals surface area contributed by atoms with Gasteiger partial charge in [-0.25, -0.2) is 4.98 Å². The quantitative estimate of drug-likeness (QED) is 0.840. The highest BCUT2D eigenvalue weighted by Gasteiger charge is 2.36. The molecule has 1 aliphatic carbocycles. The summed E-state index contributed by atoms with van der Waals surface area (Å²) >= 11 is 0. The van der Waals surface area contributed by atoms with Crippen molar-refractivity contribution in [1.82, 2.24) is 20.0 Å². The zero-order valence-electron chi connectivity index (χ0n) is 14.6. The summed E-state index contributed by atoms with van der Waals surface area (Å²) in [5.41, 5.74) is 0.824. The van der Waals surface area contributed by atoms with E-state index < -0.39 is 0 Å². The number of aromatic nitrogens is 3. The van der Waals surface area contributed by atoms with Crippen molar-refractivity contribution in [3.63, 3.8) is 0 Å². The Kier molecular flexibility index (Phi) is 4.40. The number of nitrogens with one attached hydrogen (secondary N) is 1. The van der Waals surface area contributed by atoms with Crippen LogP contribution in [0.4, 0.5) is 5.82 Å². The van der Waals surface area contributed by atoms with E-state index in [9.17, 15) is 9.59 Å². The summed E-state index contributed by atoms with van der Waals surface area (Å²) in [7, 11) is 0. The number of likely N-dealkylation sites (tertiary alicyclic amines) is 1. The minimum atomic E-state index is -0.0179. The fourth-order valence-electron chi connectivity index (χ4n) is 3.75. The summed E-state index contributed by atoms with van der Waals surface area (Å²) in [6, 6.07) is 4.05. The largest absolute Gasteiger partial charge is 0.367 e. The number of hydrogen-bond acceptors (Lipinski definition) is 7. The standard InChI is InChI=1S/C18H21N5O3/c1-11-20-18(26-22-11)12-8-9-19-15(10-12)21-13-2-4-14(5-3-13)23-16(24)6-7-17(23)25/h8-10,13-14H,2-7H2,1H3,(H,19,21). The van der Waals surface area contributed by atoms with E-state index in [0.717, 1.165) is 37.1 Å². The maximum absolute atomic E-state index is 11.9. The number of pyridine rings is 1. The summed E-state index contributed by atoms with van der Waals surface area (Å²) in [6.07, 6.45) is 5.89. The Morgan fingerprint density at radius 1 is 1.15 bits per heavy atom. The van der Waals surface area contributed by atoms with Crippen molar-refractivity contribution in [3.05, 3.63) is 24.2 Å². The van der Waals surface area contributed by atoms with Gasteiger partial charge in [-0.1, -0.05) is 5.16 Å². The van der Waals surface area contributed by atoms with Crippen LogP contribution < -0.4 is 5.32 Å². The molecule has 26 heavy (non-hydrogen) atoms. The van der Waals surface area contributed by atoms with E-state index in [2.05, 4.69) is 20.4 Å². The SMILES string of the molecule is Cc1noc(-c2ccnc(NC3CCC(N4C(=O)CCC4=O)CC3)c2)n1. The lowest BCUT2D eigenvalue weighted by Crippen LogP contribution is -2.43. The van der Waals surface area contributed by atoms with Crippen LogP contribution in [0.25, 0.3) is 11.5 Å². The lowest BCUT2D eigenvalue weighted by molar-refractivity contribution is -0.141. The van der Waals surface area contributed by atoms with Crippen LogP contribution in [0, 0.1) is 6.92 Å². The van der Waals surface area contributed by atoms with Gasteiger partial charge in [-0.3, -0.25) is 14.5 Å². The predicted molar refractivity (Wildman–Crippen MR) is 93.0 cm³/mol. The molecule has 1 aliphatic heterocycles. The Bertz CT molecular complexity index is 810. The molecule has 8 heteroatoms. The highest BCUT2D eigenvalue weighted by molar-refractivity contribution is 6.02. The van der Waals surface area contributed by atoms with Crippen molar-refractivity contribution in [2.24, 2.45) is 0 Å². The molecule has 1 saturated heterocycles. The molecule has 2 aromatic rings. The van der Waals surface area contributed by atoms with Crippen molar-refractivity contribution in [2.45, 2.75) is 57.5 Å². The monoisotopic (exact) mass is 355 g/mol. The van der Waals surface area contributed by atoms with E-state index >= 15 is 0 Å². The van der Waals surface area contributed by atoms with Crippen LogP contribution in [0.1, 0.15) is 44.3 Å². The van der Waals surface area contributed by atoms with Crippen molar-refractivity contribution in [2.75, 3.05) is 5.32 Å². The summed E-state index contributed by atoms with van der Waals surface area (Å²) in [5, 5.41) is 7.25. The molecule has 0 radical (unpaired) electrons. The lowest BCUT2D eigenvalue weighted by Gasteiger charge is -2.34. The Labute approximate surface area is 151 Å². The molecule has 1 N–H and O–H groups in total. The van der Waals surface area contributed by atoms with E-state index in [4.69, 9.17) is 4.52 Å². The Morgan fingerprint density at radius 3 is 2.54 bits per heavy atom. The number of rotatable bonds is 4. The van der Waals surface area contributed by atoms with Gasteiger partial charge in [0.1, 0.15) is 5.82 Å². The first-order valence-corrected chi connectivity index (χ1v) is 8.98. The predicted octanol–water partition coefficient (Wildman–Crippen LogP) is 2.31. The van der Waals surface area contributed by atoms with Gasteiger partial charge in [-0.15, -0.1) is 0 Å². The molecule has 2 aliphatic rings. The number of aryl methyl sites for hydroxylation is 1. The van der Waals surface area contributed by atoms with Gasteiger partial charge >= 0.3 is 0 Å². The first-order chi connectivity index (χ1) is 12.6. The number of hydrogen-bond donors (Lipinski definition) is 1. The van der Waals surface area contributed by atoms with Crippen LogP contribution in [0.3, 0.4) is 0 Å². The molecular formula is C18H21N5O3. The first-order valence-electron chi connectivity index (χ1n) is 8.98. The second-order valence-corrected chi connectivity index (χ2v) is 6.88. The topological polar surface area (TPSA) is 101 Å². The second kappa shape index (κ2) is 6.86. The lowest BCUT2D eigenvalue weighted by atomic mass is 9.90. The Hall–Kier alpha value is -2.77. The third-order valence-corrected chi connectivity index (χ3v) is 5.04. The maximum atomic E-state index is 11.9. The molecule has 2 aromatic heterocycles. The van der Waals surface area contributed by atoms with Gasteiger partial charge in [0, 0.05) is 36.7 Å². The summed E-state index contributed by atoms with van der Waals surface area (Å²) in [6.45, 7) is 1.78. The van der Waals surface area contributed by atoms with Gasteiger partial charge in [0.05, 0.1) is 0 Å². The number of carbonyl (C=O) groups is 2. The minimum absolute atomic E-state index is 0.0179. The molecule has 0 atom stereocenters. The van der Waals surface area contributed by atoms with Crippen LogP contribution in [0.5, 0.6) is 0 Å². The number of nitrogens with zero attached hydrogens (tertiary/aromatic N) is 4. The third-order valence-electron chi connectivity index (χ3n) is 5.04. The second-order valence-electron chi connectivity index (χ2n) is 6.88. The summed E-state index contributed by atoms with van der Waals surface area (Å²) in [4.78, 5) is 33.9. The van der Waals surface area contributed by atoms with Crippen molar-refractivity contribution >= 4 is 17.6 Å². The van der Waals surface area contributed by atoms with Crippen LogP contribution in [-0.4, -0.2) is 43.9 Å². The highest BCUT2D eigenvalue weighted by Crippen LogP contribution is 2.29. The van der Waals surface area contributed by atoms with Gasteiger partial charge < -0.3 is 9.84 Å². The molecule has 0 bridgehead atoms. The fourth-order valence-corrected chi connectivity index (χ4v) is 3.75. The summed E-state index contributed by atoms with van der Waals surface area (Å²) in [5.74, 6) is 1.79. The van der Waals surface area contributed by atoms with Crippen LogP contribution >= 0.6 is 0 Å². The number of carbonyl (C=O) groups excluding carboxylic acids is 2. The average Bonchev–Trinajstić information content (AvgIpc) is 3.22. The smallest absolute Gasteiger partial charge is 0.258 e.